The molecule has 0 saturated carbocycles. The Kier molecular flexibility index (Phi) is 5.21. The zero-order valence-corrected chi connectivity index (χ0v) is 15.0. The monoisotopic (exact) mass is 370 g/mol. The van der Waals surface area contributed by atoms with Gasteiger partial charge in [-0.1, -0.05) is 18.2 Å². The summed E-state index contributed by atoms with van der Waals surface area (Å²) in [6.45, 7) is 2.89. The third-order valence-electron chi connectivity index (χ3n) is 4.37. The largest absolute Gasteiger partial charge is 0.452 e. The highest BCUT2D eigenvalue weighted by Crippen LogP contribution is 2.31. The minimum Gasteiger partial charge on any atom is -0.452 e. The van der Waals surface area contributed by atoms with Gasteiger partial charge < -0.3 is 15.0 Å². The smallest absolute Gasteiger partial charge is 0.339 e. The number of fused-ring (bicyclic) bond motifs is 1. The van der Waals surface area contributed by atoms with Gasteiger partial charge in [0.05, 0.1) is 16.9 Å². The number of rotatable bonds is 3. The SMILES string of the molecule is Cc1ccc(F)cc1C(=O)OCC(=O)N1c2ccccc2NC(=O)C[C@@H]1C. The summed E-state index contributed by atoms with van der Waals surface area (Å²) < 4.78 is 18.5. The van der Waals surface area contributed by atoms with E-state index in [-0.39, 0.29) is 17.9 Å². The fourth-order valence-corrected chi connectivity index (χ4v) is 3.06. The quantitative estimate of drug-likeness (QED) is 0.843. The van der Waals surface area contributed by atoms with E-state index in [1.54, 1.807) is 38.1 Å². The standard InChI is InChI=1S/C20H19FN2O4/c1-12-7-8-14(21)10-15(12)20(26)27-11-19(25)23-13(2)9-18(24)22-16-5-3-4-6-17(16)23/h3-8,10,13H,9,11H2,1-2H3,(H,22,24)/t13-/m0/s1. The molecule has 0 radical (unpaired) electrons. The number of hydrogen-bond acceptors (Lipinski definition) is 4. The van der Waals surface area contributed by atoms with Crippen LogP contribution in [0, 0.1) is 12.7 Å². The number of anilines is 2. The second kappa shape index (κ2) is 7.57. The van der Waals surface area contributed by atoms with Crippen LogP contribution >= 0.6 is 0 Å². The molecule has 1 heterocycles. The second-order valence-electron chi connectivity index (χ2n) is 6.42. The first-order valence-electron chi connectivity index (χ1n) is 8.51. The molecule has 0 bridgehead atoms. The van der Waals surface area contributed by atoms with Gasteiger partial charge in [0.25, 0.3) is 5.91 Å². The van der Waals surface area contributed by atoms with Crippen molar-refractivity contribution in [2.24, 2.45) is 0 Å². The number of para-hydroxylation sites is 2. The Morgan fingerprint density at radius 1 is 1.26 bits per heavy atom. The lowest BCUT2D eigenvalue weighted by atomic mass is 10.1. The fraction of sp³-hybridized carbons (Fsp3) is 0.250. The number of hydrogen-bond donors (Lipinski definition) is 1. The summed E-state index contributed by atoms with van der Waals surface area (Å²) >= 11 is 0. The lowest BCUT2D eigenvalue weighted by molar-refractivity contribution is -0.122. The highest BCUT2D eigenvalue weighted by atomic mass is 19.1. The van der Waals surface area contributed by atoms with Gasteiger partial charge >= 0.3 is 5.97 Å². The van der Waals surface area contributed by atoms with Gasteiger partial charge in [-0.25, -0.2) is 9.18 Å². The van der Waals surface area contributed by atoms with Gasteiger partial charge in [-0.05, 0) is 43.7 Å². The lowest BCUT2D eigenvalue weighted by Crippen LogP contribution is -2.41. The highest BCUT2D eigenvalue weighted by Gasteiger charge is 2.30. The Bertz CT molecular complexity index is 913. The first-order chi connectivity index (χ1) is 12.9. The highest BCUT2D eigenvalue weighted by molar-refractivity contribution is 6.05. The topological polar surface area (TPSA) is 75.7 Å². The molecule has 0 aliphatic carbocycles. The number of aryl methyl sites for hydroxylation is 1. The number of halogens is 1. The van der Waals surface area contributed by atoms with Crippen molar-refractivity contribution in [1.29, 1.82) is 0 Å². The van der Waals surface area contributed by atoms with Crippen molar-refractivity contribution in [2.75, 3.05) is 16.8 Å². The zero-order chi connectivity index (χ0) is 19.6. The molecular formula is C20H19FN2O4. The number of ether oxygens (including phenoxy) is 1. The van der Waals surface area contributed by atoms with Crippen LogP contribution in [0.5, 0.6) is 0 Å². The van der Waals surface area contributed by atoms with Crippen LogP contribution in [0.2, 0.25) is 0 Å². The molecule has 0 spiro atoms. The molecule has 2 amide bonds. The van der Waals surface area contributed by atoms with Crippen LogP contribution in [0.25, 0.3) is 0 Å². The summed E-state index contributed by atoms with van der Waals surface area (Å²) in [6, 6.07) is 10.3. The van der Waals surface area contributed by atoms with E-state index in [2.05, 4.69) is 5.32 Å². The minimum absolute atomic E-state index is 0.0731. The van der Waals surface area contributed by atoms with Crippen molar-refractivity contribution in [3.8, 4) is 0 Å². The van der Waals surface area contributed by atoms with Crippen molar-refractivity contribution in [3.63, 3.8) is 0 Å². The van der Waals surface area contributed by atoms with E-state index in [1.165, 1.54) is 17.0 Å². The summed E-state index contributed by atoms with van der Waals surface area (Å²) in [6.07, 6.45) is 0.122. The van der Waals surface area contributed by atoms with Crippen molar-refractivity contribution in [3.05, 3.63) is 59.4 Å². The molecule has 27 heavy (non-hydrogen) atoms. The molecule has 1 aliphatic rings. The predicted octanol–water partition coefficient (Wildman–Crippen LogP) is 3.05. The zero-order valence-electron chi connectivity index (χ0n) is 15.0. The minimum atomic E-state index is -0.773. The predicted molar refractivity (Wildman–Crippen MR) is 98.1 cm³/mol. The Balaban J connectivity index is 1.78. The Morgan fingerprint density at radius 3 is 2.78 bits per heavy atom. The van der Waals surface area contributed by atoms with Gasteiger partial charge in [0.1, 0.15) is 5.82 Å². The normalized spacial score (nSPS) is 16.2. The molecule has 0 fully saturated rings. The van der Waals surface area contributed by atoms with Crippen LogP contribution < -0.4 is 10.2 Å². The average Bonchev–Trinajstić information content (AvgIpc) is 2.75. The summed E-state index contributed by atoms with van der Waals surface area (Å²) in [5.74, 6) is -1.99. The van der Waals surface area contributed by atoms with E-state index in [0.717, 1.165) is 6.07 Å². The molecule has 1 atom stereocenters. The number of benzene rings is 2. The third kappa shape index (κ3) is 3.97. The van der Waals surface area contributed by atoms with Gasteiger partial charge in [0.2, 0.25) is 5.91 Å². The maximum absolute atomic E-state index is 13.4. The number of carbonyl (C=O) groups is 3. The van der Waals surface area contributed by atoms with Crippen molar-refractivity contribution < 1.29 is 23.5 Å². The van der Waals surface area contributed by atoms with E-state index >= 15 is 0 Å². The van der Waals surface area contributed by atoms with E-state index < -0.39 is 30.3 Å². The molecular weight excluding hydrogens is 351 g/mol. The molecule has 2 aromatic rings. The summed E-state index contributed by atoms with van der Waals surface area (Å²) in [4.78, 5) is 38.4. The molecule has 3 rings (SSSR count). The molecule has 0 aromatic heterocycles. The maximum Gasteiger partial charge on any atom is 0.339 e. The molecule has 1 N–H and O–H groups in total. The molecule has 0 saturated heterocycles. The number of carbonyl (C=O) groups excluding carboxylic acids is 3. The molecule has 6 nitrogen and oxygen atoms in total. The molecule has 1 aliphatic heterocycles. The Morgan fingerprint density at radius 2 is 2.00 bits per heavy atom. The van der Waals surface area contributed by atoms with Crippen molar-refractivity contribution in [1.82, 2.24) is 0 Å². The number of amides is 2. The van der Waals surface area contributed by atoms with Crippen molar-refractivity contribution in [2.45, 2.75) is 26.3 Å². The lowest BCUT2D eigenvalue weighted by Gasteiger charge is -2.27. The Hall–Kier alpha value is -3.22. The van der Waals surface area contributed by atoms with Crippen LogP contribution in [0.4, 0.5) is 15.8 Å². The first kappa shape index (κ1) is 18.6. The molecule has 2 aromatic carbocycles. The molecule has 140 valence electrons. The summed E-state index contributed by atoms with van der Waals surface area (Å²) in [5.41, 5.74) is 1.69. The van der Waals surface area contributed by atoms with Gasteiger partial charge in [-0.15, -0.1) is 0 Å². The third-order valence-corrected chi connectivity index (χ3v) is 4.37. The van der Waals surface area contributed by atoms with Crippen LogP contribution in [0.1, 0.15) is 29.3 Å². The van der Waals surface area contributed by atoms with E-state index in [9.17, 15) is 18.8 Å². The number of esters is 1. The second-order valence-corrected chi connectivity index (χ2v) is 6.42. The molecule has 7 heteroatoms. The first-order valence-corrected chi connectivity index (χ1v) is 8.51. The maximum atomic E-state index is 13.4. The average molecular weight is 370 g/mol. The summed E-state index contributed by atoms with van der Waals surface area (Å²) in [7, 11) is 0. The number of nitrogens with one attached hydrogen (secondary N) is 1. The number of nitrogens with zero attached hydrogens (tertiary/aromatic N) is 1. The van der Waals surface area contributed by atoms with Gasteiger partial charge in [0, 0.05) is 12.5 Å². The fourth-order valence-electron chi connectivity index (χ4n) is 3.06. The summed E-state index contributed by atoms with van der Waals surface area (Å²) in [5, 5.41) is 2.76. The van der Waals surface area contributed by atoms with Crippen LogP contribution in [0.15, 0.2) is 42.5 Å². The van der Waals surface area contributed by atoms with E-state index in [4.69, 9.17) is 4.74 Å². The van der Waals surface area contributed by atoms with E-state index in [1.807, 2.05) is 0 Å². The van der Waals surface area contributed by atoms with Gasteiger partial charge in [0.15, 0.2) is 6.61 Å². The molecule has 0 unspecified atom stereocenters. The van der Waals surface area contributed by atoms with Crippen LogP contribution in [-0.4, -0.2) is 30.4 Å². The van der Waals surface area contributed by atoms with Gasteiger partial charge in [-0.3, -0.25) is 9.59 Å². The Labute approximate surface area is 155 Å². The van der Waals surface area contributed by atoms with Gasteiger partial charge in [-0.2, -0.15) is 0 Å². The van der Waals surface area contributed by atoms with Crippen molar-refractivity contribution >= 4 is 29.2 Å². The van der Waals surface area contributed by atoms with E-state index in [0.29, 0.717) is 16.9 Å². The van der Waals surface area contributed by atoms with Crippen LogP contribution in [-0.2, 0) is 14.3 Å². The van der Waals surface area contributed by atoms with Crippen LogP contribution in [0.3, 0.4) is 0 Å².